The van der Waals surface area contributed by atoms with Crippen molar-refractivity contribution in [3.05, 3.63) is 83.9 Å². The Bertz CT molecular complexity index is 1290. The first-order valence-electron chi connectivity index (χ1n) is 25.4. The standard InChI is InChI=1S/C17H14O.4C9H21O3P.Pd/c18-17(13-11-15-7-3-1-4-8-15)14-12-16-9-5-2-6-10-16;4*1-4-7(10)13(8(11)5-2)9(12)6-3;/h1-14H;4*7-12H,4-6H2,1-3H3;. The number of hydrogen-bond donors (Lipinski definition) is 12. The van der Waals surface area contributed by atoms with Crippen LogP contribution in [0.4, 0.5) is 0 Å². The predicted molar refractivity (Wildman–Crippen MR) is 299 cm³/mol. The smallest absolute Gasteiger partial charge is 0.178 e. The van der Waals surface area contributed by atoms with Crippen LogP contribution in [-0.2, 0) is 25.2 Å². The summed E-state index contributed by atoms with van der Waals surface area (Å²) >= 11 is 0. The Morgan fingerprint density at radius 2 is 0.465 bits per heavy atom. The van der Waals surface area contributed by atoms with Crippen LogP contribution < -0.4 is 0 Å². The Morgan fingerprint density at radius 3 is 0.592 bits per heavy atom. The second-order valence-corrected chi connectivity index (χ2v) is 27.1. The van der Waals surface area contributed by atoms with E-state index >= 15 is 0 Å². The van der Waals surface area contributed by atoms with Crippen LogP contribution in [0.15, 0.2) is 72.8 Å². The molecule has 13 nitrogen and oxygen atoms in total. The molecule has 2 aromatic carbocycles. The topological polar surface area (TPSA) is 260 Å². The molecule has 418 valence electrons. The minimum atomic E-state index is -1.08. The summed E-state index contributed by atoms with van der Waals surface area (Å²) < 4.78 is 0. The number of benzene rings is 2. The minimum absolute atomic E-state index is 0. The molecule has 18 heteroatoms. The van der Waals surface area contributed by atoms with Crippen molar-refractivity contribution < 1.29 is 86.5 Å². The van der Waals surface area contributed by atoms with Crippen molar-refractivity contribution in [3.8, 4) is 0 Å². The molecule has 2 rings (SSSR count). The van der Waals surface area contributed by atoms with Crippen LogP contribution in [0, 0.1) is 0 Å². The number of aliphatic hydroxyl groups excluding tert-OH is 12. The van der Waals surface area contributed by atoms with Crippen LogP contribution in [0.5, 0.6) is 0 Å². The number of carbonyl (C=O) groups is 1. The number of rotatable bonds is 28. The number of allylic oxidation sites excluding steroid dienone is 2. The van der Waals surface area contributed by atoms with Gasteiger partial charge in [0.25, 0.3) is 0 Å². The van der Waals surface area contributed by atoms with Crippen LogP contribution >= 0.6 is 31.7 Å². The van der Waals surface area contributed by atoms with Gasteiger partial charge in [-0.25, -0.2) is 0 Å². The van der Waals surface area contributed by atoms with E-state index in [2.05, 4.69) is 0 Å². The van der Waals surface area contributed by atoms with E-state index < -0.39 is 102 Å². The van der Waals surface area contributed by atoms with Crippen molar-refractivity contribution in [2.45, 2.75) is 230 Å². The Balaban J connectivity index is -0.000000397. The molecular weight excluding hydrogens is 1070 g/mol. The molecule has 71 heavy (non-hydrogen) atoms. The van der Waals surface area contributed by atoms with Gasteiger partial charge in [0.15, 0.2) is 5.78 Å². The molecule has 0 spiro atoms. The SMILES string of the molecule is CCC(O)P(C(O)CC)C(O)CC.CCC(O)P(C(O)CC)C(O)CC.CCC(O)P(C(O)CC)C(O)CC.CCC(O)P(C(O)CC)C(O)CC.O=C(C=Cc1ccccc1)C=Cc1ccccc1.[Pd]. The van der Waals surface area contributed by atoms with Gasteiger partial charge in [-0.15, -0.1) is 0 Å². The summed E-state index contributed by atoms with van der Waals surface area (Å²) in [6.07, 6.45) is 14.0. The van der Waals surface area contributed by atoms with E-state index in [0.29, 0.717) is 77.0 Å². The van der Waals surface area contributed by atoms with Gasteiger partial charge < -0.3 is 61.3 Å². The Kier molecular flexibility index (Phi) is 52.0. The summed E-state index contributed by atoms with van der Waals surface area (Å²) in [6, 6.07) is 19.6. The molecule has 0 saturated carbocycles. The first kappa shape index (κ1) is 77.0. The molecule has 0 saturated heterocycles. The minimum Gasteiger partial charge on any atom is -0.388 e. The third-order valence-electron chi connectivity index (χ3n) is 11.0. The van der Waals surface area contributed by atoms with Gasteiger partial charge in [0, 0.05) is 20.4 Å². The van der Waals surface area contributed by atoms with Crippen LogP contribution in [0.25, 0.3) is 12.2 Å². The van der Waals surface area contributed by atoms with Crippen molar-refractivity contribution in [3.63, 3.8) is 0 Å². The first-order valence-corrected chi connectivity index (χ1v) is 31.6. The van der Waals surface area contributed by atoms with Gasteiger partial charge in [0.1, 0.15) is 0 Å². The molecule has 0 fully saturated rings. The molecule has 0 aliphatic rings. The summed E-state index contributed by atoms with van der Waals surface area (Å²) in [5.74, 6) is -6.51. The fourth-order valence-electron chi connectivity index (χ4n) is 6.45. The monoisotopic (exact) mass is 1170 g/mol. The molecular formula is C53H98O13P4Pd. The van der Waals surface area contributed by atoms with Gasteiger partial charge in [0.2, 0.25) is 0 Å². The fourth-order valence-corrected chi connectivity index (χ4v) is 16.3. The molecule has 2 aromatic rings. The number of hydrogen-bond acceptors (Lipinski definition) is 13. The first-order chi connectivity index (χ1) is 33.2. The van der Waals surface area contributed by atoms with Crippen LogP contribution in [0.1, 0.15) is 171 Å². The summed E-state index contributed by atoms with van der Waals surface area (Å²) in [7, 11) is -4.31. The summed E-state index contributed by atoms with van der Waals surface area (Å²) in [6.45, 7) is 22.4. The normalized spacial score (nSPS) is 18.0. The zero-order chi connectivity index (χ0) is 54.4. The Morgan fingerprint density at radius 1 is 0.324 bits per heavy atom. The molecule has 12 N–H and O–H groups in total. The molecule has 12 atom stereocenters. The van der Waals surface area contributed by atoms with Gasteiger partial charge in [0.05, 0.1) is 70.1 Å². The molecule has 0 radical (unpaired) electrons. The van der Waals surface area contributed by atoms with Crippen molar-refractivity contribution >= 4 is 49.6 Å². The van der Waals surface area contributed by atoms with Gasteiger partial charge >= 0.3 is 0 Å². The fraction of sp³-hybridized carbons (Fsp3) is 0.679. The van der Waals surface area contributed by atoms with Crippen molar-refractivity contribution in [1.82, 2.24) is 0 Å². The molecule has 0 aliphatic carbocycles. The summed E-state index contributed by atoms with van der Waals surface area (Å²) in [5.41, 5.74) is 2.05. The average Bonchev–Trinajstić information content (AvgIpc) is 3.39. The van der Waals surface area contributed by atoms with E-state index in [9.17, 15) is 66.1 Å². The van der Waals surface area contributed by atoms with Gasteiger partial charge in [-0.05, 0) is 132 Å². The third-order valence-corrected chi connectivity index (χ3v) is 23.6. The van der Waals surface area contributed by atoms with Crippen molar-refractivity contribution in [2.24, 2.45) is 0 Å². The molecule has 0 bridgehead atoms. The van der Waals surface area contributed by atoms with E-state index in [1.807, 2.05) is 156 Å². The maximum atomic E-state index is 11.6. The van der Waals surface area contributed by atoms with E-state index in [1.54, 1.807) is 12.2 Å². The molecule has 0 aromatic heterocycles. The Labute approximate surface area is 448 Å². The molecule has 0 heterocycles. The maximum Gasteiger partial charge on any atom is 0.178 e. The van der Waals surface area contributed by atoms with E-state index in [0.717, 1.165) is 11.1 Å². The van der Waals surface area contributed by atoms with Crippen LogP contribution in [-0.4, -0.2) is 137 Å². The molecule has 0 aliphatic heterocycles. The van der Waals surface area contributed by atoms with E-state index in [-0.39, 0.29) is 26.2 Å². The largest absolute Gasteiger partial charge is 0.388 e. The summed E-state index contributed by atoms with van der Waals surface area (Å²) in [4.78, 5) is 11.6. The number of ketones is 1. The number of carbonyl (C=O) groups excluding carboxylic acids is 1. The molecule has 0 amide bonds. The van der Waals surface area contributed by atoms with E-state index in [4.69, 9.17) is 0 Å². The zero-order valence-electron chi connectivity index (χ0n) is 44.9. The van der Waals surface area contributed by atoms with Crippen molar-refractivity contribution in [2.75, 3.05) is 0 Å². The predicted octanol–water partition coefficient (Wildman–Crippen LogP) is 10.6. The van der Waals surface area contributed by atoms with Crippen LogP contribution in [0.3, 0.4) is 0 Å². The third kappa shape index (κ3) is 33.3. The number of aliphatic hydroxyl groups is 12. The van der Waals surface area contributed by atoms with Gasteiger partial charge in [-0.2, -0.15) is 0 Å². The maximum absolute atomic E-state index is 11.6. The Hall–Kier alpha value is -0.508. The van der Waals surface area contributed by atoms with E-state index in [1.165, 1.54) is 0 Å². The zero-order valence-corrected chi connectivity index (χ0v) is 50.0. The van der Waals surface area contributed by atoms with Gasteiger partial charge in [-0.3, -0.25) is 4.79 Å². The molecule has 12 unspecified atom stereocenters. The van der Waals surface area contributed by atoms with Crippen LogP contribution in [0.2, 0.25) is 0 Å². The second kappa shape index (κ2) is 47.9. The van der Waals surface area contributed by atoms with Crippen molar-refractivity contribution in [1.29, 1.82) is 0 Å². The quantitative estimate of drug-likeness (QED) is 0.0215. The van der Waals surface area contributed by atoms with Gasteiger partial charge in [-0.1, -0.05) is 156 Å². The summed E-state index contributed by atoms with van der Waals surface area (Å²) in [5, 5.41) is 116. The second-order valence-electron chi connectivity index (χ2n) is 16.3. The average molecular weight is 1170 g/mol.